The van der Waals surface area contributed by atoms with E-state index in [-0.39, 0.29) is 0 Å². The molecule has 3 nitrogen and oxygen atoms in total. The normalized spacial score (nSPS) is 23.9. The van der Waals surface area contributed by atoms with Crippen LogP contribution in [0.15, 0.2) is 16.6 Å². The van der Waals surface area contributed by atoms with Crippen LogP contribution in [0.3, 0.4) is 0 Å². The van der Waals surface area contributed by atoms with Gasteiger partial charge in [0.05, 0.1) is 6.61 Å². The molecule has 1 N–H and O–H groups in total. The SMILES string of the molecule is Brc1cc2c(cc1C1CCNC1)OCOC2. The van der Waals surface area contributed by atoms with Gasteiger partial charge >= 0.3 is 0 Å². The Morgan fingerprint density at radius 2 is 2.31 bits per heavy atom. The second kappa shape index (κ2) is 4.35. The van der Waals surface area contributed by atoms with E-state index in [1.807, 2.05) is 0 Å². The standard InChI is InChI=1S/C12H14BrNO2/c13-11-3-9-6-15-7-16-12(9)4-10(11)8-1-2-14-5-8/h3-4,8,14H,1-2,5-7H2. The van der Waals surface area contributed by atoms with Gasteiger partial charge in [-0.3, -0.25) is 0 Å². The van der Waals surface area contributed by atoms with E-state index in [9.17, 15) is 0 Å². The molecule has 0 aromatic heterocycles. The number of hydrogen-bond donors (Lipinski definition) is 1. The second-order valence-corrected chi connectivity index (χ2v) is 5.14. The van der Waals surface area contributed by atoms with Gasteiger partial charge in [-0.2, -0.15) is 0 Å². The van der Waals surface area contributed by atoms with Crippen LogP contribution in [0.4, 0.5) is 0 Å². The van der Waals surface area contributed by atoms with Crippen molar-refractivity contribution in [3.05, 3.63) is 27.7 Å². The van der Waals surface area contributed by atoms with E-state index >= 15 is 0 Å². The Morgan fingerprint density at radius 3 is 3.12 bits per heavy atom. The van der Waals surface area contributed by atoms with Crippen LogP contribution < -0.4 is 10.1 Å². The maximum Gasteiger partial charge on any atom is 0.189 e. The van der Waals surface area contributed by atoms with Crippen molar-refractivity contribution in [1.82, 2.24) is 5.32 Å². The summed E-state index contributed by atoms with van der Waals surface area (Å²) >= 11 is 3.65. The zero-order valence-corrected chi connectivity index (χ0v) is 10.5. The van der Waals surface area contributed by atoms with Crippen molar-refractivity contribution >= 4 is 15.9 Å². The summed E-state index contributed by atoms with van der Waals surface area (Å²) in [5.41, 5.74) is 2.48. The summed E-state index contributed by atoms with van der Waals surface area (Å²) in [6, 6.07) is 4.29. The van der Waals surface area contributed by atoms with E-state index in [1.165, 1.54) is 16.5 Å². The lowest BCUT2D eigenvalue weighted by atomic mass is 9.96. The minimum Gasteiger partial charge on any atom is -0.467 e. The molecule has 3 rings (SSSR count). The van der Waals surface area contributed by atoms with E-state index in [0.717, 1.165) is 24.4 Å². The van der Waals surface area contributed by atoms with Crippen LogP contribution in [0.25, 0.3) is 0 Å². The smallest absolute Gasteiger partial charge is 0.189 e. The van der Waals surface area contributed by atoms with E-state index < -0.39 is 0 Å². The van der Waals surface area contributed by atoms with Crippen molar-refractivity contribution < 1.29 is 9.47 Å². The molecule has 2 heterocycles. The van der Waals surface area contributed by atoms with Crippen LogP contribution >= 0.6 is 15.9 Å². The van der Waals surface area contributed by atoms with Crippen molar-refractivity contribution in [2.75, 3.05) is 19.9 Å². The predicted molar refractivity (Wildman–Crippen MR) is 64.7 cm³/mol. The molecule has 1 aromatic carbocycles. The van der Waals surface area contributed by atoms with E-state index in [4.69, 9.17) is 9.47 Å². The van der Waals surface area contributed by atoms with Crippen LogP contribution in [0.1, 0.15) is 23.5 Å². The van der Waals surface area contributed by atoms with Gasteiger partial charge in [-0.05, 0) is 36.6 Å². The molecule has 1 unspecified atom stereocenters. The van der Waals surface area contributed by atoms with Crippen molar-refractivity contribution in [3.8, 4) is 5.75 Å². The summed E-state index contributed by atoms with van der Waals surface area (Å²) < 4.78 is 12.0. The van der Waals surface area contributed by atoms with Crippen LogP contribution in [-0.2, 0) is 11.3 Å². The fourth-order valence-corrected chi connectivity index (χ4v) is 3.06. The van der Waals surface area contributed by atoms with Crippen LogP contribution in [0.5, 0.6) is 5.75 Å². The van der Waals surface area contributed by atoms with Crippen LogP contribution in [0.2, 0.25) is 0 Å². The number of halogens is 1. The molecular formula is C12H14BrNO2. The Bertz CT molecular complexity index is 402. The minimum absolute atomic E-state index is 0.372. The first-order valence-corrected chi connectivity index (χ1v) is 6.37. The maximum absolute atomic E-state index is 5.52. The Balaban J connectivity index is 1.98. The molecule has 16 heavy (non-hydrogen) atoms. The van der Waals surface area contributed by atoms with Gasteiger partial charge in [0.2, 0.25) is 0 Å². The molecule has 86 valence electrons. The van der Waals surface area contributed by atoms with Crippen molar-refractivity contribution in [2.45, 2.75) is 18.9 Å². The highest BCUT2D eigenvalue weighted by Crippen LogP contribution is 2.36. The summed E-state index contributed by atoms with van der Waals surface area (Å²) in [6.45, 7) is 3.19. The van der Waals surface area contributed by atoms with E-state index in [0.29, 0.717) is 19.3 Å². The summed E-state index contributed by atoms with van der Waals surface area (Å²) in [4.78, 5) is 0. The first-order chi connectivity index (χ1) is 7.84. The van der Waals surface area contributed by atoms with E-state index in [2.05, 4.69) is 33.4 Å². The van der Waals surface area contributed by atoms with Crippen molar-refractivity contribution in [1.29, 1.82) is 0 Å². The molecule has 1 atom stereocenters. The molecule has 4 heteroatoms. The highest BCUT2D eigenvalue weighted by molar-refractivity contribution is 9.10. The van der Waals surface area contributed by atoms with Gasteiger partial charge in [0.15, 0.2) is 6.79 Å². The number of ether oxygens (including phenoxy) is 2. The third-order valence-electron chi connectivity index (χ3n) is 3.24. The lowest BCUT2D eigenvalue weighted by molar-refractivity contribution is -0.0164. The Morgan fingerprint density at radius 1 is 1.38 bits per heavy atom. The van der Waals surface area contributed by atoms with E-state index in [1.54, 1.807) is 0 Å². The van der Waals surface area contributed by atoms with Crippen LogP contribution in [-0.4, -0.2) is 19.9 Å². The molecule has 0 spiro atoms. The van der Waals surface area contributed by atoms with Gasteiger partial charge < -0.3 is 14.8 Å². The van der Waals surface area contributed by atoms with Crippen molar-refractivity contribution in [3.63, 3.8) is 0 Å². The molecule has 0 amide bonds. The molecule has 0 aliphatic carbocycles. The Kier molecular flexibility index (Phi) is 2.88. The van der Waals surface area contributed by atoms with Gasteiger partial charge in [-0.15, -0.1) is 0 Å². The third-order valence-corrected chi connectivity index (χ3v) is 3.92. The molecule has 1 saturated heterocycles. The van der Waals surface area contributed by atoms with Gasteiger partial charge in [0.1, 0.15) is 5.75 Å². The Labute approximate surface area is 103 Å². The highest BCUT2D eigenvalue weighted by atomic mass is 79.9. The average Bonchev–Trinajstić information content (AvgIpc) is 2.81. The summed E-state index contributed by atoms with van der Waals surface area (Å²) in [7, 11) is 0. The third kappa shape index (κ3) is 1.85. The highest BCUT2D eigenvalue weighted by Gasteiger charge is 2.22. The number of rotatable bonds is 1. The molecule has 2 aliphatic heterocycles. The number of fused-ring (bicyclic) bond motifs is 1. The Hall–Kier alpha value is -0.580. The summed E-state index contributed by atoms with van der Waals surface area (Å²) in [5, 5.41) is 3.39. The quantitative estimate of drug-likeness (QED) is 0.859. The summed E-state index contributed by atoms with van der Waals surface area (Å²) in [6.07, 6.45) is 1.20. The zero-order valence-electron chi connectivity index (χ0n) is 8.96. The molecule has 1 aromatic rings. The molecule has 0 bridgehead atoms. The maximum atomic E-state index is 5.52. The molecule has 1 fully saturated rings. The van der Waals surface area contributed by atoms with Gasteiger partial charge in [-0.1, -0.05) is 15.9 Å². The largest absolute Gasteiger partial charge is 0.467 e. The average molecular weight is 284 g/mol. The molecule has 2 aliphatic rings. The molecule has 0 radical (unpaired) electrons. The topological polar surface area (TPSA) is 30.5 Å². The zero-order chi connectivity index (χ0) is 11.0. The predicted octanol–water partition coefficient (Wildman–Crippen LogP) is 2.39. The minimum atomic E-state index is 0.372. The first kappa shape index (κ1) is 10.6. The fraction of sp³-hybridized carbons (Fsp3) is 0.500. The summed E-state index contributed by atoms with van der Waals surface area (Å²) in [5.74, 6) is 1.59. The second-order valence-electron chi connectivity index (χ2n) is 4.28. The van der Waals surface area contributed by atoms with Crippen molar-refractivity contribution in [2.24, 2.45) is 0 Å². The molecule has 0 saturated carbocycles. The molecular weight excluding hydrogens is 270 g/mol. The first-order valence-electron chi connectivity index (χ1n) is 5.58. The fourth-order valence-electron chi connectivity index (χ4n) is 2.35. The van der Waals surface area contributed by atoms with Gasteiger partial charge in [-0.25, -0.2) is 0 Å². The lowest BCUT2D eigenvalue weighted by Crippen LogP contribution is -2.13. The lowest BCUT2D eigenvalue weighted by Gasteiger charge is -2.21. The van der Waals surface area contributed by atoms with Gasteiger partial charge in [0, 0.05) is 16.6 Å². The van der Waals surface area contributed by atoms with Gasteiger partial charge in [0.25, 0.3) is 0 Å². The number of benzene rings is 1. The monoisotopic (exact) mass is 283 g/mol. The number of nitrogens with one attached hydrogen (secondary N) is 1. The number of hydrogen-bond acceptors (Lipinski definition) is 3. The van der Waals surface area contributed by atoms with Crippen LogP contribution in [0, 0.1) is 0 Å².